The van der Waals surface area contributed by atoms with E-state index in [1.807, 2.05) is 24.3 Å². The van der Waals surface area contributed by atoms with Gasteiger partial charge in [-0.2, -0.15) is 4.98 Å². The lowest BCUT2D eigenvalue weighted by atomic mass is 10.0. The van der Waals surface area contributed by atoms with Gasteiger partial charge in [-0.15, -0.1) is 0 Å². The van der Waals surface area contributed by atoms with E-state index in [1.165, 1.54) is 0 Å². The van der Waals surface area contributed by atoms with Crippen LogP contribution in [0.2, 0.25) is 10.0 Å². The summed E-state index contributed by atoms with van der Waals surface area (Å²) in [5.41, 5.74) is 1.20. The topological polar surface area (TPSA) is 68.5 Å². The Morgan fingerprint density at radius 1 is 1.21 bits per heavy atom. The van der Waals surface area contributed by atoms with Crippen LogP contribution in [0.3, 0.4) is 0 Å². The van der Waals surface area contributed by atoms with Crippen LogP contribution in [-0.4, -0.2) is 34.6 Å². The van der Waals surface area contributed by atoms with Gasteiger partial charge in [0.25, 0.3) is 5.91 Å². The summed E-state index contributed by atoms with van der Waals surface area (Å²) in [6, 6.07) is 12.0. The summed E-state index contributed by atoms with van der Waals surface area (Å²) in [4.78, 5) is 19.5. The van der Waals surface area contributed by atoms with Crippen LogP contribution in [0.15, 0.2) is 47.0 Å². The molecule has 29 heavy (non-hydrogen) atoms. The zero-order valence-electron chi connectivity index (χ0n) is 15.8. The third kappa shape index (κ3) is 4.09. The average Bonchev–Trinajstić information content (AvgIpc) is 3.23. The van der Waals surface area contributed by atoms with Crippen molar-refractivity contribution in [3.63, 3.8) is 0 Å². The molecule has 8 heteroatoms. The molecule has 1 atom stereocenters. The van der Waals surface area contributed by atoms with E-state index in [1.54, 1.807) is 30.2 Å². The fourth-order valence-electron chi connectivity index (χ4n) is 3.50. The lowest BCUT2D eigenvalue weighted by Gasteiger charge is -2.33. The first-order valence-corrected chi connectivity index (χ1v) is 10.1. The highest BCUT2D eigenvalue weighted by Crippen LogP contribution is 2.34. The molecule has 150 valence electrons. The van der Waals surface area contributed by atoms with Crippen molar-refractivity contribution in [2.24, 2.45) is 0 Å². The molecule has 1 aliphatic rings. The summed E-state index contributed by atoms with van der Waals surface area (Å²) in [6.45, 7) is 0.597. The Morgan fingerprint density at radius 3 is 2.86 bits per heavy atom. The lowest BCUT2D eigenvalue weighted by Crippen LogP contribution is -2.38. The molecule has 1 aromatic heterocycles. The van der Waals surface area contributed by atoms with Gasteiger partial charge in [-0.05, 0) is 49.6 Å². The van der Waals surface area contributed by atoms with Crippen LogP contribution >= 0.6 is 23.2 Å². The first kappa shape index (κ1) is 19.7. The Balaban J connectivity index is 1.62. The number of rotatable bonds is 4. The summed E-state index contributed by atoms with van der Waals surface area (Å²) in [7, 11) is 1.61. The van der Waals surface area contributed by atoms with E-state index >= 15 is 0 Å². The second-order valence-electron chi connectivity index (χ2n) is 6.82. The van der Waals surface area contributed by atoms with E-state index in [2.05, 4.69) is 10.1 Å². The summed E-state index contributed by atoms with van der Waals surface area (Å²) in [6.07, 6.45) is 2.63. The molecule has 0 saturated carbocycles. The predicted molar refractivity (Wildman–Crippen MR) is 110 cm³/mol. The van der Waals surface area contributed by atoms with Crippen LogP contribution in [0.5, 0.6) is 5.75 Å². The molecule has 2 aromatic carbocycles. The molecule has 0 aliphatic carbocycles. The fourth-order valence-corrected chi connectivity index (χ4v) is 3.99. The van der Waals surface area contributed by atoms with Crippen molar-refractivity contribution in [1.82, 2.24) is 15.0 Å². The molecule has 0 N–H and O–H groups in total. The van der Waals surface area contributed by atoms with Crippen molar-refractivity contribution in [2.45, 2.75) is 25.3 Å². The molecule has 1 unspecified atom stereocenters. The quantitative estimate of drug-likeness (QED) is 0.551. The summed E-state index contributed by atoms with van der Waals surface area (Å²) in [5.74, 6) is 1.42. The van der Waals surface area contributed by atoms with Crippen LogP contribution in [-0.2, 0) is 0 Å². The van der Waals surface area contributed by atoms with E-state index < -0.39 is 0 Å². The van der Waals surface area contributed by atoms with Crippen molar-refractivity contribution < 1.29 is 14.1 Å². The molecule has 0 radical (unpaired) electrons. The Labute approximate surface area is 178 Å². The Morgan fingerprint density at radius 2 is 2.07 bits per heavy atom. The number of carbonyl (C=O) groups excluding carboxylic acids is 1. The van der Waals surface area contributed by atoms with Crippen LogP contribution in [0.1, 0.15) is 41.6 Å². The van der Waals surface area contributed by atoms with Gasteiger partial charge in [0.1, 0.15) is 11.8 Å². The van der Waals surface area contributed by atoms with Gasteiger partial charge >= 0.3 is 0 Å². The highest BCUT2D eigenvalue weighted by Gasteiger charge is 2.33. The second-order valence-corrected chi connectivity index (χ2v) is 7.67. The maximum atomic E-state index is 13.2. The van der Waals surface area contributed by atoms with Crippen molar-refractivity contribution in [2.75, 3.05) is 13.7 Å². The molecule has 1 fully saturated rings. The number of likely N-dealkylation sites (tertiary alicyclic amines) is 1. The van der Waals surface area contributed by atoms with E-state index in [0.717, 1.165) is 24.8 Å². The first-order chi connectivity index (χ1) is 14.1. The minimum atomic E-state index is -0.296. The van der Waals surface area contributed by atoms with Crippen molar-refractivity contribution in [1.29, 1.82) is 0 Å². The number of hydrogen-bond donors (Lipinski definition) is 0. The molecule has 6 nitrogen and oxygen atoms in total. The number of ether oxygens (including phenoxy) is 1. The monoisotopic (exact) mass is 431 g/mol. The third-order valence-electron chi connectivity index (χ3n) is 4.98. The number of methoxy groups -OCH3 is 1. The van der Waals surface area contributed by atoms with E-state index in [0.29, 0.717) is 39.6 Å². The van der Waals surface area contributed by atoms with Gasteiger partial charge in [0.05, 0.1) is 17.7 Å². The molecule has 2 heterocycles. The molecule has 1 saturated heterocycles. The molecule has 0 bridgehead atoms. The number of benzene rings is 2. The SMILES string of the molecule is COc1cccc(-c2noc(C3CCCCN3C(=O)c3ccc(Cl)cc3Cl)n2)c1. The van der Waals surface area contributed by atoms with Crippen molar-refractivity contribution >= 4 is 29.1 Å². The lowest BCUT2D eigenvalue weighted by molar-refractivity contribution is 0.0561. The van der Waals surface area contributed by atoms with Gasteiger partial charge in [-0.3, -0.25) is 4.79 Å². The molecule has 0 spiro atoms. The zero-order valence-corrected chi connectivity index (χ0v) is 17.3. The number of aromatic nitrogens is 2. The van der Waals surface area contributed by atoms with Crippen LogP contribution in [0, 0.1) is 0 Å². The minimum absolute atomic E-state index is 0.169. The summed E-state index contributed by atoms with van der Waals surface area (Å²) >= 11 is 12.2. The van der Waals surface area contributed by atoms with Crippen LogP contribution in [0.25, 0.3) is 11.4 Å². The van der Waals surface area contributed by atoms with Gasteiger partial charge in [-0.1, -0.05) is 40.5 Å². The smallest absolute Gasteiger partial charge is 0.256 e. The molecule has 1 amide bonds. The highest BCUT2D eigenvalue weighted by atomic mass is 35.5. The maximum Gasteiger partial charge on any atom is 0.256 e. The third-order valence-corrected chi connectivity index (χ3v) is 5.53. The number of amides is 1. The van der Waals surface area contributed by atoms with Crippen LogP contribution < -0.4 is 4.74 Å². The van der Waals surface area contributed by atoms with Gasteiger partial charge in [0.15, 0.2) is 0 Å². The van der Waals surface area contributed by atoms with Crippen LogP contribution in [0.4, 0.5) is 0 Å². The molecular formula is C21H19Cl2N3O3. The molecule has 1 aliphatic heterocycles. The van der Waals surface area contributed by atoms with E-state index in [4.69, 9.17) is 32.5 Å². The van der Waals surface area contributed by atoms with E-state index in [-0.39, 0.29) is 11.9 Å². The number of nitrogens with zero attached hydrogens (tertiary/aromatic N) is 3. The molecule has 3 aromatic rings. The Kier molecular flexibility index (Phi) is 5.74. The van der Waals surface area contributed by atoms with Crippen molar-refractivity contribution in [3.8, 4) is 17.1 Å². The van der Waals surface area contributed by atoms with E-state index in [9.17, 15) is 4.79 Å². The molecular weight excluding hydrogens is 413 g/mol. The summed E-state index contributed by atoms with van der Waals surface area (Å²) < 4.78 is 10.8. The highest BCUT2D eigenvalue weighted by molar-refractivity contribution is 6.36. The maximum absolute atomic E-state index is 13.2. The number of halogens is 2. The standard InChI is InChI=1S/C21H19Cl2N3O3/c1-28-15-6-4-5-13(11-15)19-24-20(29-25-19)18-7-2-3-10-26(18)21(27)16-9-8-14(22)12-17(16)23/h4-6,8-9,11-12,18H,2-3,7,10H2,1H3. The van der Waals surface area contributed by atoms with Gasteiger partial charge < -0.3 is 14.2 Å². The Bertz CT molecular complexity index is 1040. The predicted octanol–water partition coefficient (Wildman–Crippen LogP) is 5.42. The number of hydrogen-bond acceptors (Lipinski definition) is 5. The van der Waals surface area contributed by atoms with Gasteiger partial charge in [-0.25, -0.2) is 0 Å². The Hall–Kier alpha value is -2.57. The minimum Gasteiger partial charge on any atom is -0.497 e. The first-order valence-electron chi connectivity index (χ1n) is 9.31. The fraction of sp³-hybridized carbons (Fsp3) is 0.286. The van der Waals surface area contributed by atoms with Gasteiger partial charge in [0, 0.05) is 17.1 Å². The second kappa shape index (κ2) is 8.43. The molecule has 4 rings (SSSR count). The van der Waals surface area contributed by atoms with Crippen molar-refractivity contribution in [3.05, 3.63) is 64.0 Å². The normalized spacial score (nSPS) is 16.7. The average molecular weight is 432 g/mol. The summed E-state index contributed by atoms with van der Waals surface area (Å²) in [5, 5.41) is 4.93. The largest absolute Gasteiger partial charge is 0.497 e. The number of piperidine rings is 1. The number of carbonyl (C=O) groups is 1. The van der Waals surface area contributed by atoms with Gasteiger partial charge in [0.2, 0.25) is 11.7 Å². The zero-order chi connectivity index (χ0) is 20.4.